The van der Waals surface area contributed by atoms with Crippen LogP contribution < -0.4 is 15.8 Å². The molecule has 0 fully saturated rings. The lowest BCUT2D eigenvalue weighted by molar-refractivity contribution is -0.384. The lowest BCUT2D eigenvalue weighted by atomic mass is 10.0. The highest BCUT2D eigenvalue weighted by molar-refractivity contribution is 5.96. The van der Waals surface area contributed by atoms with Gasteiger partial charge in [0.2, 0.25) is 5.91 Å². The van der Waals surface area contributed by atoms with Gasteiger partial charge in [0.05, 0.1) is 23.8 Å². The Morgan fingerprint density at radius 3 is 2.65 bits per heavy atom. The van der Waals surface area contributed by atoms with E-state index in [1.165, 1.54) is 25.3 Å². The third-order valence-corrected chi connectivity index (χ3v) is 2.71. The SMILES string of the molecule is COc1ccc([N+](=O)[O-])cc1NC(=O)[C@@H](N)CC(C)C. The minimum absolute atomic E-state index is 0.126. The summed E-state index contributed by atoms with van der Waals surface area (Å²) in [5, 5.41) is 13.3. The number of hydrogen-bond donors (Lipinski definition) is 2. The van der Waals surface area contributed by atoms with E-state index in [1.807, 2.05) is 13.8 Å². The van der Waals surface area contributed by atoms with E-state index in [-0.39, 0.29) is 17.3 Å². The lowest BCUT2D eigenvalue weighted by Crippen LogP contribution is -2.36. The maximum absolute atomic E-state index is 11.9. The second kappa shape index (κ2) is 6.85. The van der Waals surface area contributed by atoms with Crippen molar-refractivity contribution in [1.82, 2.24) is 0 Å². The first-order valence-corrected chi connectivity index (χ1v) is 6.24. The van der Waals surface area contributed by atoms with Crippen molar-refractivity contribution in [3.05, 3.63) is 28.3 Å². The molecule has 1 amide bonds. The molecule has 0 saturated carbocycles. The van der Waals surface area contributed by atoms with Gasteiger partial charge in [-0.25, -0.2) is 0 Å². The zero-order valence-electron chi connectivity index (χ0n) is 11.8. The number of amides is 1. The van der Waals surface area contributed by atoms with Crippen LogP contribution in [-0.2, 0) is 4.79 Å². The summed E-state index contributed by atoms with van der Waals surface area (Å²) in [5.74, 6) is 0.237. The van der Waals surface area contributed by atoms with Crippen LogP contribution >= 0.6 is 0 Å². The van der Waals surface area contributed by atoms with Crippen molar-refractivity contribution >= 4 is 17.3 Å². The Balaban J connectivity index is 2.92. The molecule has 1 aromatic rings. The smallest absolute Gasteiger partial charge is 0.271 e. The molecule has 0 unspecified atom stereocenters. The normalized spacial score (nSPS) is 12.1. The largest absolute Gasteiger partial charge is 0.495 e. The maximum atomic E-state index is 11.9. The van der Waals surface area contributed by atoms with Crippen LogP contribution in [0.3, 0.4) is 0 Å². The van der Waals surface area contributed by atoms with Crippen LogP contribution in [0.1, 0.15) is 20.3 Å². The van der Waals surface area contributed by atoms with Gasteiger partial charge in [0, 0.05) is 12.1 Å². The van der Waals surface area contributed by atoms with E-state index in [2.05, 4.69) is 5.32 Å². The highest BCUT2D eigenvalue weighted by atomic mass is 16.6. The van der Waals surface area contributed by atoms with Crippen LogP contribution in [0.25, 0.3) is 0 Å². The monoisotopic (exact) mass is 281 g/mol. The Morgan fingerprint density at radius 2 is 2.15 bits per heavy atom. The second-order valence-electron chi connectivity index (χ2n) is 4.87. The van der Waals surface area contributed by atoms with Crippen molar-refractivity contribution in [3.63, 3.8) is 0 Å². The van der Waals surface area contributed by atoms with E-state index in [0.29, 0.717) is 12.2 Å². The fraction of sp³-hybridized carbons (Fsp3) is 0.462. The number of nitro benzene ring substituents is 1. The number of nitrogens with one attached hydrogen (secondary N) is 1. The number of hydrogen-bond acceptors (Lipinski definition) is 5. The molecule has 0 spiro atoms. The molecule has 0 aliphatic rings. The number of carbonyl (C=O) groups excluding carboxylic acids is 1. The van der Waals surface area contributed by atoms with Crippen LogP contribution in [0.4, 0.5) is 11.4 Å². The van der Waals surface area contributed by atoms with E-state index in [0.717, 1.165) is 0 Å². The van der Waals surface area contributed by atoms with Crippen LogP contribution in [0.5, 0.6) is 5.75 Å². The van der Waals surface area contributed by atoms with Crippen LogP contribution in [-0.4, -0.2) is 24.0 Å². The molecule has 0 aromatic heterocycles. The van der Waals surface area contributed by atoms with Crippen molar-refractivity contribution in [2.24, 2.45) is 11.7 Å². The molecule has 110 valence electrons. The van der Waals surface area contributed by atoms with Crippen LogP contribution in [0, 0.1) is 16.0 Å². The molecule has 0 aliphatic heterocycles. The van der Waals surface area contributed by atoms with Gasteiger partial charge in [-0.05, 0) is 18.4 Å². The Labute approximate surface area is 117 Å². The van der Waals surface area contributed by atoms with Gasteiger partial charge in [-0.3, -0.25) is 14.9 Å². The highest BCUT2D eigenvalue weighted by Crippen LogP contribution is 2.29. The lowest BCUT2D eigenvalue weighted by Gasteiger charge is -2.15. The summed E-state index contributed by atoms with van der Waals surface area (Å²) in [6, 6.07) is 3.32. The average Bonchev–Trinajstić information content (AvgIpc) is 2.37. The Kier molecular flexibility index (Phi) is 5.45. The molecule has 1 rings (SSSR count). The molecule has 0 heterocycles. The minimum atomic E-state index is -0.668. The standard InChI is InChI=1S/C13H19N3O4/c1-8(2)6-10(14)13(17)15-11-7-9(16(18)19)4-5-12(11)20-3/h4-5,7-8,10H,6,14H2,1-3H3,(H,15,17)/t10-/m0/s1. The van der Waals surface area contributed by atoms with Crippen LogP contribution in [0.15, 0.2) is 18.2 Å². The molecule has 0 aliphatic carbocycles. The average molecular weight is 281 g/mol. The molecule has 7 heteroatoms. The number of anilines is 1. The van der Waals surface area contributed by atoms with Gasteiger partial charge in [0.1, 0.15) is 5.75 Å². The second-order valence-corrected chi connectivity index (χ2v) is 4.87. The zero-order chi connectivity index (χ0) is 15.3. The first-order valence-electron chi connectivity index (χ1n) is 6.24. The quantitative estimate of drug-likeness (QED) is 0.611. The number of carbonyl (C=O) groups is 1. The number of ether oxygens (including phenoxy) is 1. The Hall–Kier alpha value is -2.15. The highest BCUT2D eigenvalue weighted by Gasteiger charge is 2.18. The van der Waals surface area contributed by atoms with Crippen molar-refractivity contribution in [2.75, 3.05) is 12.4 Å². The van der Waals surface area contributed by atoms with E-state index >= 15 is 0 Å². The summed E-state index contributed by atoms with van der Waals surface area (Å²) in [5.41, 5.74) is 5.88. The summed E-state index contributed by atoms with van der Waals surface area (Å²) in [7, 11) is 1.42. The van der Waals surface area contributed by atoms with Crippen LogP contribution in [0.2, 0.25) is 0 Å². The number of benzene rings is 1. The molecule has 1 aromatic carbocycles. The van der Waals surface area contributed by atoms with Crippen molar-refractivity contribution in [2.45, 2.75) is 26.3 Å². The van der Waals surface area contributed by atoms with Gasteiger partial charge in [0.15, 0.2) is 0 Å². The van der Waals surface area contributed by atoms with Gasteiger partial charge in [-0.2, -0.15) is 0 Å². The van der Waals surface area contributed by atoms with Gasteiger partial charge in [0.25, 0.3) is 5.69 Å². The first kappa shape index (κ1) is 15.9. The number of rotatable bonds is 6. The van der Waals surface area contributed by atoms with Gasteiger partial charge in [-0.15, -0.1) is 0 Å². The van der Waals surface area contributed by atoms with Crippen molar-refractivity contribution in [1.29, 1.82) is 0 Å². The Bertz CT molecular complexity index is 502. The number of nitrogens with two attached hydrogens (primary N) is 1. The van der Waals surface area contributed by atoms with E-state index in [1.54, 1.807) is 0 Å². The van der Waals surface area contributed by atoms with Gasteiger partial charge < -0.3 is 15.8 Å². The van der Waals surface area contributed by atoms with E-state index in [4.69, 9.17) is 10.5 Å². The number of nitro groups is 1. The molecule has 3 N–H and O–H groups in total. The van der Waals surface area contributed by atoms with Gasteiger partial charge in [-0.1, -0.05) is 13.8 Å². The van der Waals surface area contributed by atoms with Crippen molar-refractivity contribution in [3.8, 4) is 5.75 Å². The number of methoxy groups -OCH3 is 1. The number of nitrogens with zero attached hydrogens (tertiary/aromatic N) is 1. The zero-order valence-corrected chi connectivity index (χ0v) is 11.8. The third-order valence-electron chi connectivity index (χ3n) is 2.71. The fourth-order valence-electron chi connectivity index (χ4n) is 1.75. The first-order chi connectivity index (χ1) is 9.35. The summed E-state index contributed by atoms with van der Waals surface area (Å²) in [6.45, 7) is 3.92. The number of non-ortho nitro benzene ring substituents is 1. The summed E-state index contributed by atoms with van der Waals surface area (Å²) >= 11 is 0. The molecule has 0 radical (unpaired) electrons. The molecular weight excluding hydrogens is 262 g/mol. The minimum Gasteiger partial charge on any atom is -0.495 e. The molecule has 20 heavy (non-hydrogen) atoms. The van der Waals surface area contributed by atoms with E-state index in [9.17, 15) is 14.9 Å². The van der Waals surface area contributed by atoms with Gasteiger partial charge >= 0.3 is 0 Å². The van der Waals surface area contributed by atoms with E-state index < -0.39 is 16.9 Å². The predicted molar refractivity (Wildman–Crippen MR) is 75.7 cm³/mol. The molecule has 1 atom stereocenters. The molecule has 0 saturated heterocycles. The predicted octanol–water partition coefficient (Wildman–Crippen LogP) is 1.92. The topological polar surface area (TPSA) is 107 Å². The Morgan fingerprint density at radius 1 is 1.50 bits per heavy atom. The molecular formula is C13H19N3O4. The maximum Gasteiger partial charge on any atom is 0.271 e. The summed E-state index contributed by atoms with van der Waals surface area (Å²) in [6.07, 6.45) is 0.531. The summed E-state index contributed by atoms with van der Waals surface area (Å²) in [4.78, 5) is 22.1. The van der Waals surface area contributed by atoms with Crippen molar-refractivity contribution < 1.29 is 14.5 Å². The summed E-state index contributed by atoms with van der Waals surface area (Å²) < 4.78 is 5.06. The fourth-order valence-corrected chi connectivity index (χ4v) is 1.75. The molecule has 7 nitrogen and oxygen atoms in total. The molecule has 0 bridgehead atoms. The third kappa shape index (κ3) is 4.20.